The van der Waals surface area contributed by atoms with E-state index in [1.54, 1.807) is 13.8 Å². The minimum absolute atomic E-state index is 0.486. The second kappa shape index (κ2) is 3.74. The van der Waals surface area contributed by atoms with Crippen molar-refractivity contribution in [3.05, 3.63) is 18.5 Å². The van der Waals surface area contributed by atoms with E-state index in [0.29, 0.717) is 6.54 Å². The smallest absolute Gasteiger partial charge is 0.310 e. The third-order valence-corrected chi connectivity index (χ3v) is 2.23. The molecule has 1 rings (SSSR count). The SMILES string of the molecule is CN(CC(C)(C)C(=O)O)c1cc[nH]c1. The van der Waals surface area contributed by atoms with Crippen LogP contribution in [0.15, 0.2) is 18.5 Å². The van der Waals surface area contributed by atoms with Gasteiger partial charge in [-0.05, 0) is 19.9 Å². The van der Waals surface area contributed by atoms with Crippen LogP contribution in [-0.2, 0) is 4.79 Å². The van der Waals surface area contributed by atoms with E-state index >= 15 is 0 Å². The minimum atomic E-state index is -0.778. The fourth-order valence-electron chi connectivity index (χ4n) is 1.30. The Hall–Kier alpha value is -1.45. The number of anilines is 1. The first-order valence-electron chi connectivity index (χ1n) is 4.51. The van der Waals surface area contributed by atoms with Gasteiger partial charge in [-0.25, -0.2) is 0 Å². The lowest BCUT2D eigenvalue weighted by molar-refractivity contribution is -0.146. The average molecular weight is 196 g/mol. The maximum Gasteiger partial charge on any atom is 0.310 e. The van der Waals surface area contributed by atoms with Crippen LogP contribution in [0.5, 0.6) is 0 Å². The molecule has 0 saturated carbocycles. The summed E-state index contributed by atoms with van der Waals surface area (Å²) in [4.78, 5) is 15.7. The Kier molecular flexibility index (Phi) is 2.84. The van der Waals surface area contributed by atoms with Crippen LogP contribution in [0.1, 0.15) is 13.8 Å². The zero-order chi connectivity index (χ0) is 10.8. The van der Waals surface area contributed by atoms with E-state index in [1.165, 1.54) is 0 Å². The Labute approximate surface area is 83.5 Å². The summed E-state index contributed by atoms with van der Waals surface area (Å²) < 4.78 is 0. The zero-order valence-corrected chi connectivity index (χ0v) is 8.74. The second-order valence-corrected chi connectivity index (χ2v) is 4.11. The summed E-state index contributed by atoms with van der Waals surface area (Å²) in [5, 5.41) is 8.95. The van der Waals surface area contributed by atoms with Crippen LogP contribution < -0.4 is 4.90 Å². The lowest BCUT2D eigenvalue weighted by Crippen LogP contribution is -2.37. The van der Waals surface area contributed by atoms with Crippen molar-refractivity contribution in [2.75, 3.05) is 18.5 Å². The molecule has 1 aromatic rings. The predicted octanol–water partition coefficient (Wildman–Crippen LogP) is 1.56. The first-order chi connectivity index (χ1) is 6.43. The van der Waals surface area contributed by atoms with E-state index in [4.69, 9.17) is 5.11 Å². The first kappa shape index (κ1) is 10.6. The van der Waals surface area contributed by atoms with Gasteiger partial charge >= 0.3 is 5.97 Å². The largest absolute Gasteiger partial charge is 0.481 e. The normalized spacial score (nSPS) is 11.4. The van der Waals surface area contributed by atoms with Gasteiger partial charge in [0.2, 0.25) is 0 Å². The molecule has 0 atom stereocenters. The fraction of sp³-hybridized carbons (Fsp3) is 0.500. The molecule has 0 aliphatic rings. The van der Waals surface area contributed by atoms with Crippen molar-refractivity contribution in [1.29, 1.82) is 0 Å². The molecule has 0 amide bonds. The van der Waals surface area contributed by atoms with Gasteiger partial charge in [0, 0.05) is 26.0 Å². The van der Waals surface area contributed by atoms with Crippen molar-refractivity contribution >= 4 is 11.7 Å². The van der Waals surface area contributed by atoms with Crippen molar-refractivity contribution in [3.63, 3.8) is 0 Å². The van der Waals surface area contributed by atoms with Crippen molar-refractivity contribution in [2.24, 2.45) is 5.41 Å². The molecule has 0 bridgehead atoms. The minimum Gasteiger partial charge on any atom is -0.481 e. The molecule has 14 heavy (non-hydrogen) atoms. The van der Waals surface area contributed by atoms with Crippen LogP contribution in [0.3, 0.4) is 0 Å². The summed E-state index contributed by atoms with van der Waals surface area (Å²) in [7, 11) is 1.88. The molecule has 4 heteroatoms. The van der Waals surface area contributed by atoms with Gasteiger partial charge in [-0.15, -0.1) is 0 Å². The molecule has 0 aliphatic carbocycles. The summed E-state index contributed by atoms with van der Waals surface area (Å²) in [6.07, 6.45) is 3.66. The maximum absolute atomic E-state index is 10.9. The topological polar surface area (TPSA) is 56.3 Å². The van der Waals surface area contributed by atoms with Crippen LogP contribution in [0.25, 0.3) is 0 Å². The molecular formula is C10H16N2O2. The van der Waals surface area contributed by atoms with Crippen LogP contribution >= 0.6 is 0 Å². The second-order valence-electron chi connectivity index (χ2n) is 4.11. The molecule has 0 saturated heterocycles. The lowest BCUT2D eigenvalue weighted by atomic mass is 9.93. The van der Waals surface area contributed by atoms with E-state index < -0.39 is 11.4 Å². The number of H-pyrrole nitrogens is 1. The summed E-state index contributed by atoms with van der Waals surface area (Å²) in [5.41, 5.74) is 0.269. The molecule has 2 N–H and O–H groups in total. The standard InChI is InChI=1S/C10H16N2O2/c1-10(2,9(13)14)7-12(3)8-4-5-11-6-8/h4-6,11H,7H2,1-3H3,(H,13,14). The molecule has 0 radical (unpaired) electrons. The quantitative estimate of drug-likeness (QED) is 0.768. The molecule has 4 nitrogen and oxygen atoms in total. The molecule has 1 aromatic heterocycles. The van der Waals surface area contributed by atoms with Gasteiger partial charge in [0.25, 0.3) is 0 Å². The molecule has 0 unspecified atom stereocenters. The first-order valence-corrected chi connectivity index (χ1v) is 4.51. The Bertz CT molecular complexity index is 304. The van der Waals surface area contributed by atoms with E-state index in [0.717, 1.165) is 5.69 Å². The number of carboxylic acid groups (broad SMARTS) is 1. The number of nitrogens with zero attached hydrogens (tertiary/aromatic N) is 1. The molecule has 0 aliphatic heterocycles. The number of aromatic nitrogens is 1. The van der Waals surface area contributed by atoms with E-state index in [2.05, 4.69) is 4.98 Å². The van der Waals surface area contributed by atoms with Gasteiger partial charge < -0.3 is 15.0 Å². The van der Waals surface area contributed by atoms with E-state index in [9.17, 15) is 4.79 Å². The third-order valence-electron chi connectivity index (χ3n) is 2.23. The maximum atomic E-state index is 10.9. The Morgan fingerprint density at radius 1 is 1.64 bits per heavy atom. The highest BCUT2D eigenvalue weighted by atomic mass is 16.4. The fourth-order valence-corrected chi connectivity index (χ4v) is 1.30. The van der Waals surface area contributed by atoms with Crippen molar-refractivity contribution < 1.29 is 9.90 Å². The number of carbonyl (C=O) groups is 1. The van der Waals surface area contributed by atoms with Gasteiger partial charge in [-0.2, -0.15) is 0 Å². The molecule has 1 heterocycles. The van der Waals surface area contributed by atoms with Gasteiger partial charge in [0.1, 0.15) is 0 Å². The van der Waals surface area contributed by atoms with Crippen molar-refractivity contribution in [2.45, 2.75) is 13.8 Å². The number of aromatic amines is 1. The molecular weight excluding hydrogens is 180 g/mol. The third kappa shape index (κ3) is 2.28. The average Bonchev–Trinajstić information content (AvgIpc) is 2.54. The number of hydrogen-bond acceptors (Lipinski definition) is 2. The number of aliphatic carboxylic acids is 1. The highest BCUT2D eigenvalue weighted by Gasteiger charge is 2.28. The van der Waals surface area contributed by atoms with Gasteiger partial charge in [-0.3, -0.25) is 4.79 Å². The zero-order valence-electron chi connectivity index (χ0n) is 8.74. The highest BCUT2D eigenvalue weighted by Crippen LogP contribution is 2.20. The highest BCUT2D eigenvalue weighted by molar-refractivity contribution is 5.74. The van der Waals surface area contributed by atoms with Crippen molar-refractivity contribution in [3.8, 4) is 0 Å². The predicted molar refractivity (Wildman–Crippen MR) is 55.5 cm³/mol. The summed E-state index contributed by atoms with van der Waals surface area (Å²) in [5.74, 6) is -0.778. The van der Waals surface area contributed by atoms with E-state index in [-0.39, 0.29) is 0 Å². The van der Waals surface area contributed by atoms with Crippen LogP contribution in [0.4, 0.5) is 5.69 Å². The Morgan fingerprint density at radius 2 is 2.29 bits per heavy atom. The molecule has 0 fully saturated rings. The van der Waals surface area contributed by atoms with Gasteiger partial charge in [0.05, 0.1) is 11.1 Å². The molecule has 78 valence electrons. The number of rotatable bonds is 4. The van der Waals surface area contributed by atoms with Gasteiger partial charge in [0.15, 0.2) is 0 Å². The monoisotopic (exact) mass is 196 g/mol. The van der Waals surface area contributed by atoms with Crippen molar-refractivity contribution in [1.82, 2.24) is 4.98 Å². The van der Waals surface area contributed by atoms with Crippen LogP contribution in [0.2, 0.25) is 0 Å². The lowest BCUT2D eigenvalue weighted by Gasteiger charge is -2.27. The Morgan fingerprint density at radius 3 is 2.71 bits per heavy atom. The van der Waals surface area contributed by atoms with Gasteiger partial charge in [-0.1, -0.05) is 0 Å². The van der Waals surface area contributed by atoms with Crippen LogP contribution in [0, 0.1) is 5.41 Å². The number of nitrogens with one attached hydrogen (secondary N) is 1. The molecule has 0 spiro atoms. The number of hydrogen-bond donors (Lipinski definition) is 2. The summed E-state index contributed by atoms with van der Waals surface area (Å²) in [6, 6.07) is 1.91. The number of carboxylic acids is 1. The summed E-state index contributed by atoms with van der Waals surface area (Å²) in [6.45, 7) is 3.93. The molecule has 0 aromatic carbocycles. The summed E-state index contributed by atoms with van der Waals surface area (Å²) >= 11 is 0. The Balaban J connectivity index is 2.66. The van der Waals surface area contributed by atoms with E-state index in [1.807, 2.05) is 30.4 Å². The van der Waals surface area contributed by atoms with Crippen LogP contribution in [-0.4, -0.2) is 29.7 Å².